The largest absolute Gasteiger partial charge is 0.494 e. The first-order valence-electron chi connectivity index (χ1n) is 7.13. The van der Waals surface area contributed by atoms with Gasteiger partial charge in [-0.1, -0.05) is 26.0 Å². The average Bonchev–Trinajstić information content (AvgIpc) is 2.38. The Morgan fingerprint density at radius 3 is 2.79 bits per heavy atom. The van der Waals surface area contributed by atoms with E-state index in [1.807, 2.05) is 24.3 Å². The van der Waals surface area contributed by atoms with E-state index in [0.29, 0.717) is 6.61 Å². The van der Waals surface area contributed by atoms with Crippen LogP contribution in [-0.4, -0.2) is 26.8 Å². The van der Waals surface area contributed by atoms with E-state index in [4.69, 9.17) is 9.47 Å². The number of unbranched alkanes of at least 4 members (excludes halogenated alkanes) is 1. The van der Waals surface area contributed by atoms with Gasteiger partial charge in [-0.2, -0.15) is 0 Å². The molecule has 0 saturated heterocycles. The van der Waals surface area contributed by atoms with Crippen LogP contribution < -0.4 is 10.1 Å². The molecule has 0 aromatic heterocycles. The minimum absolute atomic E-state index is 0.635. The van der Waals surface area contributed by atoms with Crippen molar-refractivity contribution in [3.63, 3.8) is 0 Å². The number of ether oxygens (including phenoxy) is 2. The zero-order valence-electron chi connectivity index (χ0n) is 12.4. The number of hydrogen-bond acceptors (Lipinski definition) is 3. The average molecular weight is 265 g/mol. The fourth-order valence-corrected chi connectivity index (χ4v) is 1.82. The quantitative estimate of drug-likeness (QED) is 0.659. The maximum atomic E-state index is 5.74. The van der Waals surface area contributed by atoms with E-state index >= 15 is 0 Å². The standard InChI is InChI=1S/C16H27NO2/c1-14(2)12-17-9-4-5-10-19-16-8-6-7-15(11-16)13-18-3/h6-8,11,14,17H,4-5,9-10,12-13H2,1-3H3. The predicted molar refractivity (Wildman–Crippen MR) is 79.6 cm³/mol. The molecule has 0 atom stereocenters. The van der Waals surface area contributed by atoms with E-state index < -0.39 is 0 Å². The van der Waals surface area contributed by atoms with Gasteiger partial charge in [0.25, 0.3) is 0 Å². The molecule has 1 aromatic rings. The van der Waals surface area contributed by atoms with Crippen molar-refractivity contribution in [2.24, 2.45) is 5.92 Å². The maximum Gasteiger partial charge on any atom is 0.119 e. The second-order valence-electron chi connectivity index (χ2n) is 5.23. The Labute approximate surface area is 117 Å². The highest BCUT2D eigenvalue weighted by Gasteiger charge is 1.97. The first kappa shape index (κ1) is 16.0. The molecule has 3 nitrogen and oxygen atoms in total. The molecule has 0 aliphatic rings. The van der Waals surface area contributed by atoms with E-state index in [-0.39, 0.29) is 0 Å². The summed E-state index contributed by atoms with van der Waals surface area (Å²) in [5, 5.41) is 3.44. The predicted octanol–water partition coefficient (Wildman–Crippen LogP) is 3.24. The van der Waals surface area contributed by atoms with Gasteiger partial charge in [-0.3, -0.25) is 0 Å². The lowest BCUT2D eigenvalue weighted by molar-refractivity contribution is 0.184. The van der Waals surface area contributed by atoms with Gasteiger partial charge in [-0.15, -0.1) is 0 Å². The fourth-order valence-electron chi connectivity index (χ4n) is 1.82. The van der Waals surface area contributed by atoms with Crippen molar-refractivity contribution in [2.75, 3.05) is 26.8 Å². The Morgan fingerprint density at radius 1 is 1.21 bits per heavy atom. The molecule has 3 heteroatoms. The van der Waals surface area contributed by atoms with Crippen LogP contribution in [-0.2, 0) is 11.3 Å². The summed E-state index contributed by atoms with van der Waals surface area (Å²) in [4.78, 5) is 0. The van der Waals surface area contributed by atoms with E-state index in [0.717, 1.165) is 49.8 Å². The zero-order valence-corrected chi connectivity index (χ0v) is 12.4. The monoisotopic (exact) mass is 265 g/mol. The van der Waals surface area contributed by atoms with Crippen molar-refractivity contribution in [2.45, 2.75) is 33.3 Å². The summed E-state index contributed by atoms with van der Waals surface area (Å²) < 4.78 is 10.8. The minimum atomic E-state index is 0.635. The van der Waals surface area contributed by atoms with Crippen LogP contribution in [0.1, 0.15) is 32.3 Å². The summed E-state index contributed by atoms with van der Waals surface area (Å²) in [6.45, 7) is 8.04. The molecule has 1 rings (SSSR count). The van der Waals surface area contributed by atoms with Crippen molar-refractivity contribution in [1.29, 1.82) is 0 Å². The molecule has 0 bridgehead atoms. The molecule has 0 saturated carbocycles. The molecule has 1 N–H and O–H groups in total. The van der Waals surface area contributed by atoms with Crippen LogP contribution >= 0.6 is 0 Å². The van der Waals surface area contributed by atoms with Gasteiger partial charge in [0.1, 0.15) is 5.75 Å². The van der Waals surface area contributed by atoms with Crippen LogP contribution in [0.4, 0.5) is 0 Å². The summed E-state index contributed by atoms with van der Waals surface area (Å²) in [5.41, 5.74) is 1.15. The normalized spacial score (nSPS) is 10.9. The topological polar surface area (TPSA) is 30.5 Å². The molecule has 0 aliphatic heterocycles. The summed E-state index contributed by atoms with van der Waals surface area (Å²) in [6, 6.07) is 8.09. The van der Waals surface area contributed by atoms with Crippen molar-refractivity contribution >= 4 is 0 Å². The van der Waals surface area contributed by atoms with Crippen molar-refractivity contribution < 1.29 is 9.47 Å². The third kappa shape index (κ3) is 7.85. The number of benzene rings is 1. The van der Waals surface area contributed by atoms with Gasteiger partial charge in [-0.25, -0.2) is 0 Å². The van der Waals surface area contributed by atoms with Gasteiger partial charge < -0.3 is 14.8 Å². The number of nitrogens with one attached hydrogen (secondary N) is 1. The molecule has 0 radical (unpaired) electrons. The Hall–Kier alpha value is -1.06. The van der Waals surface area contributed by atoms with Crippen molar-refractivity contribution in [3.05, 3.63) is 29.8 Å². The lowest BCUT2D eigenvalue weighted by Crippen LogP contribution is -2.21. The molecule has 0 unspecified atom stereocenters. The molecule has 0 amide bonds. The van der Waals surface area contributed by atoms with Crippen LogP contribution in [0.5, 0.6) is 5.75 Å². The van der Waals surface area contributed by atoms with Crippen LogP contribution in [0.25, 0.3) is 0 Å². The number of hydrogen-bond donors (Lipinski definition) is 1. The van der Waals surface area contributed by atoms with Gasteiger partial charge in [0, 0.05) is 7.11 Å². The highest BCUT2D eigenvalue weighted by molar-refractivity contribution is 5.28. The summed E-state index contributed by atoms with van der Waals surface area (Å²) in [6.07, 6.45) is 2.24. The Balaban J connectivity index is 2.10. The molecule has 19 heavy (non-hydrogen) atoms. The fraction of sp³-hybridized carbons (Fsp3) is 0.625. The molecule has 1 aromatic carbocycles. The second kappa shape index (κ2) is 9.82. The molecule has 0 fully saturated rings. The minimum Gasteiger partial charge on any atom is -0.494 e. The Morgan fingerprint density at radius 2 is 2.05 bits per heavy atom. The van der Waals surface area contributed by atoms with Gasteiger partial charge >= 0.3 is 0 Å². The van der Waals surface area contributed by atoms with E-state index in [9.17, 15) is 0 Å². The molecule has 0 aliphatic carbocycles. The lowest BCUT2D eigenvalue weighted by Gasteiger charge is -2.09. The van der Waals surface area contributed by atoms with Crippen LogP contribution in [0, 0.1) is 5.92 Å². The lowest BCUT2D eigenvalue weighted by atomic mass is 10.2. The van der Waals surface area contributed by atoms with Crippen LogP contribution in [0.15, 0.2) is 24.3 Å². The highest BCUT2D eigenvalue weighted by atomic mass is 16.5. The molecule has 108 valence electrons. The Kier molecular flexibility index (Phi) is 8.26. The van der Waals surface area contributed by atoms with E-state index in [1.54, 1.807) is 7.11 Å². The van der Waals surface area contributed by atoms with E-state index in [1.165, 1.54) is 0 Å². The zero-order chi connectivity index (χ0) is 13.9. The number of rotatable bonds is 10. The van der Waals surface area contributed by atoms with Gasteiger partial charge in [0.05, 0.1) is 13.2 Å². The Bertz CT molecular complexity index is 339. The van der Waals surface area contributed by atoms with Crippen molar-refractivity contribution in [3.8, 4) is 5.75 Å². The van der Waals surface area contributed by atoms with Crippen LogP contribution in [0.2, 0.25) is 0 Å². The smallest absolute Gasteiger partial charge is 0.119 e. The molecular weight excluding hydrogens is 238 g/mol. The SMILES string of the molecule is COCc1cccc(OCCCCNCC(C)C)c1. The summed E-state index contributed by atoms with van der Waals surface area (Å²) in [5.74, 6) is 1.66. The molecule has 0 heterocycles. The first-order valence-corrected chi connectivity index (χ1v) is 7.13. The van der Waals surface area contributed by atoms with Crippen molar-refractivity contribution in [1.82, 2.24) is 5.32 Å². The van der Waals surface area contributed by atoms with Gasteiger partial charge in [-0.05, 0) is 49.5 Å². The van der Waals surface area contributed by atoms with Gasteiger partial charge in [0.2, 0.25) is 0 Å². The first-order chi connectivity index (χ1) is 9.22. The summed E-state index contributed by atoms with van der Waals surface area (Å²) >= 11 is 0. The third-order valence-electron chi connectivity index (χ3n) is 2.78. The third-order valence-corrected chi connectivity index (χ3v) is 2.78. The molecular formula is C16H27NO2. The number of methoxy groups -OCH3 is 1. The maximum absolute atomic E-state index is 5.74. The summed E-state index contributed by atoms with van der Waals surface area (Å²) in [7, 11) is 1.71. The molecule has 0 spiro atoms. The second-order valence-corrected chi connectivity index (χ2v) is 5.23. The van der Waals surface area contributed by atoms with E-state index in [2.05, 4.69) is 19.2 Å². The van der Waals surface area contributed by atoms with Gasteiger partial charge in [0.15, 0.2) is 0 Å². The highest BCUT2D eigenvalue weighted by Crippen LogP contribution is 2.14. The van der Waals surface area contributed by atoms with Crippen LogP contribution in [0.3, 0.4) is 0 Å².